The molecule has 0 radical (unpaired) electrons. The summed E-state index contributed by atoms with van der Waals surface area (Å²) in [6.45, 7) is 0. The Morgan fingerprint density at radius 3 is 2.10 bits per heavy atom. The average Bonchev–Trinajstić information content (AvgIpc) is 2.71. The van der Waals surface area contributed by atoms with Crippen LogP contribution in [-0.2, 0) is 0 Å². The first-order valence-corrected chi connectivity index (χ1v) is 5.98. The number of carbonyl (C=O) groups is 2. The van der Waals surface area contributed by atoms with Crippen LogP contribution >= 0.6 is 0 Å². The van der Waals surface area contributed by atoms with Crippen molar-refractivity contribution in [3.8, 4) is 11.5 Å². The lowest BCUT2D eigenvalue weighted by atomic mass is 10.1. The summed E-state index contributed by atoms with van der Waals surface area (Å²) < 4.78 is 4.94. The van der Waals surface area contributed by atoms with E-state index in [9.17, 15) is 14.7 Å². The van der Waals surface area contributed by atoms with Crippen molar-refractivity contribution >= 4 is 17.5 Å². The molecule has 1 aliphatic heterocycles. The maximum atomic E-state index is 12.3. The van der Waals surface area contributed by atoms with Gasteiger partial charge in [0.25, 0.3) is 11.8 Å². The molecule has 0 bridgehead atoms. The van der Waals surface area contributed by atoms with Crippen LogP contribution in [0.25, 0.3) is 0 Å². The zero-order valence-corrected chi connectivity index (χ0v) is 10.7. The Hall–Kier alpha value is -2.82. The molecular formula is C15H11NO4. The predicted octanol–water partition coefficient (Wildman–Crippen LogP) is 2.20. The molecule has 0 aliphatic carbocycles. The van der Waals surface area contributed by atoms with E-state index in [1.807, 2.05) is 0 Å². The van der Waals surface area contributed by atoms with Crippen molar-refractivity contribution in [2.75, 3.05) is 12.0 Å². The van der Waals surface area contributed by atoms with Crippen LogP contribution in [0.5, 0.6) is 11.5 Å². The molecule has 5 nitrogen and oxygen atoms in total. The number of phenolic OH excluding ortho intramolecular Hbond substituents is 1. The molecule has 0 aromatic heterocycles. The van der Waals surface area contributed by atoms with Crippen molar-refractivity contribution < 1.29 is 19.4 Å². The standard InChI is InChI=1S/C15H11NO4/c1-20-13-7-6-9(8-12(13)17)16-14(18)10-4-2-3-5-11(10)15(16)19/h2-8,17H,1H3. The molecule has 2 aromatic carbocycles. The van der Waals surface area contributed by atoms with Crippen LogP contribution in [-0.4, -0.2) is 24.0 Å². The van der Waals surface area contributed by atoms with E-state index < -0.39 is 11.8 Å². The highest BCUT2D eigenvalue weighted by molar-refractivity contribution is 6.34. The summed E-state index contributed by atoms with van der Waals surface area (Å²) in [6, 6.07) is 11.0. The molecule has 5 heteroatoms. The molecule has 2 amide bonds. The largest absolute Gasteiger partial charge is 0.504 e. The number of rotatable bonds is 2. The third-order valence-electron chi connectivity index (χ3n) is 3.21. The molecule has 100 valence electrons. The van der Waals surface area contributed by atoms with Gasteiger partial charge in [-0.3, -0.25) is 9.59 Å². The van der Waals surface area contributed by atoms with E-state index in [1.54, 1.807) is 30.3 Å². The lowest BCUT2D eigenvalue weighted by Crippen LogP contribution is -2.29. The molecule has 20 heavy (non-hydrogen) atoms. The molecule has 0 saturated heterocycles. The first kappa shape index (κ1) is 12.2. The molecule has 3 rings (SSSR count). The highest BCUT2D eigenvalue weighted by Crippen LogP contribution is 2.34. The smallest absolute Gasteiger partial charge is 0.266 e. The third kappa shape index (κ3) is 1.64. The summed E-state index contributed by atoms with van der Waals surface area (Å²) in [5, 5.41) is 9.77. The second kappa shape index (κ2) is 4.38. The van der Waals surface area contributed by atoms with E-state index in [-0.39, 0.29) is 11.5 Å². The number of aromatic hydroxyl groups is 1. The maximum Gasteiger partial charge on any atom is 0.266 e. The summed E-state index contributed by atoms with van der Waals surface area (Å²) >= 11 is 0. The molecule has 1 heterocycles. The molecule has 0 unspecified atom stereocenters. The molecule has 1 aliphatic rings. The quantitative estimate of drug-likeness (QED) is 0.849. The van der Waals surface area contributed by atoms with Gasteiger partial charge < -0.3 is 9.84 Å². The summed E-state index contributed by atoms with van der Waals surface area (Å²) in [6.07, 6.45) is 0. The zero-order valence-electron chi connectivity index (χ0n) is 10.7. The van der Waals surface area contributed by atoms with E-state index in [2.05, 4.69) is 0 Å². The number of hydrogen-bond acceptors (Lipinski definition) is 4. The summed E-state index contributed by atoms with van der Waals surface area (Å²) in [5.41, 5.74) is 1.05. The second-order valence-corrected chi connectivity index (χ2v) is 4.35. The molecule has 0 atom stereocenters. The van der Waals surface area contributed by atoms with Gasteiger partial charge in [-0.15, -0.1) is 0 Å². The van der Waals surface area contributed by atoms with Gasteiger partial charge in [0.15, 0.2) is 11.5 Å². The van der Waals surface area contributed by atoms with Crippen molar-refractivity contribution in [3.63, 3.8) is 0 Å². The van der Waals surface area contributed by atoms with Gasteiger partial charge >= 0.3 is 0 Å². The lowest BCUT2D eigenvalue weighted by molar-refractivity contribution is 0.0926. The van der Waals surface area contributed by atoms with Crippen LogP contribution in [0.1, 0.15) is 20.7 Å². The van der Waals surface area contributed by atoms with Crippen molar-refractivity contribution in [2.24, 2.45) is 0 Å². The molecular weight excluding hydrogens is 258 g/mol. The molecule has 0 fully saturated rings. The Balaban J connectivity index is 2.07. The van der Waals surface area contributed by atoms with Crippen molar-refractivity contribution in [3.05, 3.63) is 53.6 Å². The first-order valence-electron chi connectivity index (χ1n) is 5.98. The minimum Gasteiger partial charge on any atom is -0.504 e. The van der Waals surface area contributed by atoms with E-state index in [0.29, 0.717) is 16.8 Å². The normalized spacial score (nSPS) is 13.6. The van der Waals surface area contributed by atoms with E-state index in [1.165, 1.54) is 19.2 Å². The van der Waals surface area contributed by atoms with Gasteiger partial charge in [0.2, 0.25) is 0 Å². The van der Waals surface area contributed by atoms with Gasteiger partial charge in [0, 0.05) is 6.07 Å². The number of hydrogen-bond donors (Lipinski definition) is 1. The Labute approximate surface area is 115 Å². The number of methoxy groups -OCH3 is 1. The maximum absolute atomic E-state index is 12.3. The number of phenols is 1. The van der Waals surface area contributed by atoms with Crippen molar-refractivity contribution in [1.29, 1.82) is 0 Å². The van der Waals surface area contributed by atoms with Gasteiger partial charge in [-0.1, -0.05) is 12.1 Å². The fraction of sp³-hybridized carbons (Fsp3) is 0.0667. The molecule has 0 spiro atoms. The van der Waals surface area contributed by atoms with Crippen LogP contribution < -0.4 is 9.64 Å². The Bertz CT molecular complexity index is 689. The van der Waals surface area contributed by atoms with Crippen LogP contribution in [0.4, 0.5) is 5.69 Å². The minimum absolute atomic E-state index is 0.124. The van der Waals surface area contributed by atoms with E-state index in [0.717, 1.165) is 4.90 Å². The number of benzene rings is 2. The summed E-state index contributed by atoms with van der Waals surface area (Å²) in [7, 11) is 1.43. The molecule has 1 N–H and O–H groups in total. The van der Waals surface area contributed by atoms with Gasteiger partial charge in [0.1, 0.15) is 0 Å². The van der Waals surface area contributed by atoms with Crippen LogP contribution in [0.2, 0.25) is 0 Å². The minimum atomic E-state index is -0.393. The van der Waals surface area contributed by atoms with Crippen LogP contribution in [0, 0.1) is 0 Å². The van der Waals surface area contributed by atoms with Crippen molar-refractivity contribution in [1.82, 2.24) is 0 Å². The first-order chi connectivity index (χ1) is 9.63. The Morgan fingerprint density at radius 1 is 1.00 bits per heavy atom. The van der Waals surface area contributed by atoms with Gasteiger partial charge in [0.05, 0.1) is 23.9 Å². The topological polar surface area (TPSA) is 66.8 Å². The lowest BCUT2D eigenvalue weighted by Gasteiger charge is -2.15. The van der Waals surface area contributed by atoms with Gasteiger partial charge in [-0.2, -0.15) is 0 Å². The summed E-state index contributed by atoms with van der Waals surface area (Å²) in [5.74, 6) is -0.628. The predicted molar refractivity (Wildman–Crippen MR) is 72.2 cm³/mol. The second-order valence-electron chi connectivity index (χ2n) is 4.35. The highest BCUT2D eigenvalue weighted by atomic mass is 16.5. The van der Waals surface area contributed by atoms with Crippen LogP contribution in [0.3, 0.4) is 0 Å². The zero-order chi connectivity index (χ0) is 14.3. The van der Waals surface area contributed by atoms with E-state index in [4.69, 9.17) is 4.74 Å². The average molecular weight is 269 g/mol. The highest BCUT2D eigenvalue weighted by Gasteiger charge is 2.36. The number of anilines is 1. The Kier molecular flexibility index (Phi) is 2.68. The number of amides is 2. The number of fused-ring (bicyclic) bond motifs is 1. The Morgan fingerprint density at radius 2 is 1.60 bits per heavy atom. The fourth-order valence-corrected chi connectivity index (χ4v) is 2.24. The molecule has 0 saturated carbocycles. The fourth-order valence-electron chi connectivity index (χ4n) is 2.24. The van der Waals surface area contributed by atoms with Gasteiger partial charge in [-0.25, -0.2) is 4.90 Å². The summed E-state index contributed by atoms with van der Waals surface area (Å²) in [4.78, 5) is 25.6. The molecule has 2 aromatic rings. The monoisotopic (exact) mass is 269 g/mol. The van der Waals surface area contributed by atoms with E-state index >= 15 is 0 Å². The number of imide groups is 1. The SMILES string of the molecule is COc1ccc(N2C(=O)c3ccccc3C2=O)cc1O. The number of nitrogens with zero attached hydrogens (tertiary/aromatic N) is 1. The third-order valence-corrected chi connectivity index (χ3v) is 3.21. The van der Waals surface area contributed by atoms with Crippen LogP contribution in [0.15, 0.2) is 42.5 Å². The number of ether oxygens (including phenoxy) is 1. The van der Waals surface area contributed by atoms with Gasteiger partial charge in [-0.05, 0) is 24.3 Å². The number of carbonyl (C=O) groups excluding carboxylic acids is 2. The van der Waals surface area contributed by atoms with Crippen molar-refractivity contribution in [2.45, 2.75) is 0 Å².